The van der Waals surface area contributed by atoms with Gasteiger partial charge >= 0.3 is 16.4 Å². The SMILES string of the molecule is CC/C=C\C/C=C\C/C=C\CCCCCCCCCC(=O)OC(COCCCCCCCCCCCC/C=C\CCCCCCCC)COC1OC(CO)C(O)C(OS(=O)(=O)O)C1O. The fourth-order valence-electron chi connectivity index (χ4n) is 7.62. The number of allylic oxidation sites excluding steroid dienone is 8. The molecule has 0 spiro atoms. The topological polar surface area (TPSA) is 178 Å². The van der Waals surface area contributed by atoms with Crippen molar-refractivity contribution in [3.63, 3.8) is 0 Å². The summed E-state index contributed by atoms with van der Waals surface area (Å²) in [5, 5.41) is 30.7. The number of rotatable bonds is 44. The average molecular weight is 929 g/mol. The molecule has 1 aliphatic rings. The van der Waals surface area contributed by atoms with Crippen molar-refractivity contribution in [2.24, 2.45) is 0 Å². The van der Waals surface area contributed by atoms with Crippen LogP contribution in [0.3, 0.4) is 0 Å². The third-order valence-corrected chi connectivity index (χ3v) is 11.9. The Morgan fingerprint density at radius 1 is 0.609 bits per heavy atom. The summed E-state index contributed by atoms with van der Waals surface area (Å²) in [6, 6.07) is 0. The van der Waals surface area contributed by atoms with Gasteiger partial charge in [0.05, 0.1) is 19.8 Å². The van der Waals surface area contributed by atoms with E-state index in [1.54, 1.807) is 0 Å². The maximum absolute atomic E-state index is 12.9. The van der Waals surface area contributed by atoms with Crippen LogP contribution in [0, 0.1) is 0 Å². The molecule has 0 radical (unpaired) electrons. The Labute approximate surface area is 389 Å². The molecule has 0 aromatic rings. The number of aliphatic hydroxyl groups excluding tert-OH is 3. The largest absolute Gasteiger partial charge is 0.457 e. The third kappa shape index (κ3) is 35.3. The monoisotopic (exact) mass is 929 g/mol. The minimum absolute atomic E-state index is 0.0308. The lowest BCUT2D eigenvalue weighted by molar-refractivity contribution is -0.301. The van der Waals surface area contributed by atoms with Crippen LogP contribution in [-0.2, 0) is 38.3 Å². The van der Waals surface area contributed by atoms with Crippen molar-refractivity contribution in [3.8, 4) is 0 Å². The number of carbonyl (C=O) groups excluding carboxylic acids is 1. The maximum Gasteiger partial charge on any atom is 0.397 e. The quantitative estimate of drug-likeness (QED) is 0.0197. The van der Waals surface area contributed by atoms with E-state index in [0.29, 0.717) is 13.0 Å². The molecule has 4 N–H and O–H groups in total. The average Bonchev–Trinajstić information content (AvgIpc) is 3.27. The Kier molecular flexibility index (Phi) is 39.8. The molecule has 1 heterocycles. The van der Waals surface area contributed by atoms with Gasteiger partial charge < -0.3 is 34.3 Å². The highest BCUT2D eigenvalue weighted by Gasteiger charge is 2.48. The van der Waals surface area contributed by atoms with E-state index in [4.69, 9.17) is 18.9 Å². The highest BCUT2D eigenvalue weighted by atomic mass is 32.3. The summed E-state index contributed by atoms with van der Waals surface area (Å²) in [5.41, 5.74) is 0. The molecule has 0 bridgehead atoms. The van der Waals surface area contributed by atoms with E-state index < -0.39 is 59.8 Å². The van der Waals surface area contributed by atoms with Gasteiger partial charge in [-0.15, -0.1) is 0 Å². The minimum atomic E-state index is -5.07. The fraction of sp³-hybridized carbons (Fsp3) is 0.824. The van der Waals surface area contributed by atoms with Gasteiger partial charge in [-0.2, -0.15) is 8.42 Å². The van der Waals surface area contributed by atoms with E-state index in [-0.39, 0.29) is 19.6 Å². The molecule has 1 saturated heterocycles. The van der Waals surface area contributed by atoms with Gasteiger partial charge in [-0.25, -0.2) is 4.18 Å². The smallest absolute Gasteiger partial charge is 0.397 e. The zero-order valence-electron chi connectivity index (χ0n) is 40.1. The lowest BCUT2D eigenvalue weighted by Gasteiger charge is -2.41. The number of ether oxygens (including phenoxy) is 4. The Balaban J connectivity index is 2.37. The number of carbonyl (C=O) groups is 1. The first-order valence-corrected chi connectivity index (χ1v) is 26.8. The van der Waals surface area contributed by atoms with Crippen molar-refractivity contribution in [2.75, 3.05) is 26.4 Å². The molecule has 374 valence electrons. The number of hydrogen-bond donors (Lipinski definition) is 4. The van der Waals surface area contributed by atoms with Crippen LogP contribution in [0.15, 0.2) is 48.6 Å². The predicted molar refractivity (Wildman–Crippen MR) is 257 cm³/mol. The molecule has 64 heavy (non-hydrogen) atoms. The van der Waals surface area contributed by atoms with Gasteiger partial charge in [0.15, 0.2) is 6.29 Å². The fourth-order valence-corrected chi connectivity index (χ4v) is 8.13. The molecule has 1 aliphatic heterocycles. The zero-order chi connectivity index (χ0) is 46.8. The second-order valence-corrected chi connectivity index (χ2v) is 18.4. The standard InChI is InChI=1S/C51H92O12S/c1-3-5-7-9-11-13-15-17-19-21-22-23-25-27-29-31-33-35-37-39-41-59-43-45(44-60-51-49(55)50(63-64(56,57)58)48(54)46(42-52)62-51)61-47(53)40-38-36-34-32-30-28-26-24-20-18-16-14-12-10-8-6-4-2/h6,8,12,14,17-20,45-46,48-52,54-55H,3-5,7,9-11,13,15-16,21-44H2,1-2H3,(H,56,57,58)/b8-6-,14-12-,19-17-,20-18-. The van der Waals surface area contributed by atoms with Gasteiger partial charge in [0.2, 0.25) is 0 Å². The van der Waals surface area contributed by atoms with Gasteiger partial charge in [-0.1, -0.05) is 178 Å². The molecule has 1 rings (SSSR count). The molecule has 6 unspecified atom stereocenters. The van der Waals surface area contributed by atoms with Gasteiger partial charge in [-0.05, 0) is 70.6 Å². The Morgan fingerprint density at radius 3 is 1.59 bits per heavy atom. The summed E-state index contributed by atoms with van der Waals surface area (Å²) in [7, 11) is -5.07. The van der Waals surface area contributed by atoms with Crippen LogP contribution in [-0.4, -0.2) is 97.5 Å². The van der Waals surface area contributed by atoms with Crippen molar-refractivity contribution < 1.29 is 56.2 Å². The Bertz CT molecular complexity index is 1300. The second kappa shape index (κ2) is 42.4. The molecule has 0 aromatic carbocycles. The highest BCUT2D eigenvalue weighted by molar-refractivity contribution is 7.80. The summed E-state index contributed by atoms with van der Waals surface area (Å²) >= 11 is 0. The van der Waals surface area contributed by atoms with Gasteiger partial charge in [0.1, 0.15) is 30.5 Å². The number of esters is 1. The molecule has 6 atom stereocenters. The van der Waals surface area contributed by atoms with Crippen LogP contribution >= 0.6 is 0 Å². The van der Waals surface area contributed by atoms with Crippen LogP contribution in [0.5, 0.6) is 0 Å². The van der Waals surface area contributed by atoms with Gasteiger partial charge in [0, 0.05) is 13.0 Å². The van der Waals surface area contributed by atoms with Crippen molar-refractivity contribution in [1.82, 2.24) is 0 Å². The maximum atomic E-state index is 12.9. The molecule has 0 aromatic heterocycles. The number of unbranched alkanes of at least 4 members (excludes halogenated alkanes) is 23. The first-order valence-electron chi connectivity index (χ1n) is 25.4. The number of aliphatic hydroxyl groups is 3. The third-order valence-electron chi connectivity index (χ3n) is 11.4. The van der Waals surface area contributed by atoms with Crippen LogP contribution in [0.1, 0.15) is 206 Å². The molecular weight excluding hydrogens is 837 g/mol. The van der Waals surface area contributed by atoms with Crippen LogP contribution in [0.4, 0.5) is 0 Å². The minimum Gasteiger partial charge on any atom is -0.457 e. The van der Waals surface area contributed by atoms with Crippen LogP contribution in [0.2, 0.25) is 0 Å². The molecule has 13 heteroatoms. The van der Waals surface area contributed by atoms with Crippen molar-refractivity contribution in [3.05, 3.63) is 48.6 Å². The Morgan fingerprint density at radius 2 is 1.08 bits per heavy atom. The van der Waals surface area contributed by atoms with E-state index in [1.807, 2.05) is 0 Å². The van der Waals surface area contributed by atoms with Crippen LogP contribution in [0.25, 0.3) is 0 Å². The Hall–Kier alpha value is -1.94. The molecule has 12 nitrogen and oxygen atoms in total. The van der Waals surface area contributed by atoms with Gasteiger partial charge in [-0.3, -0.25) is 9.35 Å². The first-order chi connectivity index (χ1) is 31.1. The van der Waals surface area contributed by atoms with E-state index in [0.717, 1.165) is 70.6 Å². The van der Waals surface area contributed by atoms with Crippen molar-refractivity contribution in [1.29, 1.82) is 0 Å². The summed E-state index contributed by atoms with van der Waals surface area (Å²) in [4.78, 5) is 12.9. The highest BCUT2D eigenvalue weighted by Crippen LogP contribution is 2.26. The molecule has 0 saturated carbocycles. The summed E-state index contributed by atoms with van der Waals surface area (Å²) in [6.45, 7) is 3.88. The predicted octanol–water partition coefficient (Wildman–Crippen LogP) is 11.5. The normalized spacial score (nSPS) is 20.1. The van der Waals surface area contributed by atoms with Crippen molar-refractivity contribution in [2.45, 2.75) is 243 Å². The number of hydrogen-bond acceptors (Lipinski definition) is 11. The van der Waals surface area contributed by atoms with Crippen LogP contribution < -0.4 is 0 Å². The first kappa shape index (κ1) is 60.1. The summed E-state index contributed by atoms with van der Waals surface area (Å²) in [5.74, 6) is -0.409. The molecule has 0 amide bonds. The second-order valence-electron chi connectivity index (χ2n) is 17.4. The lowest BCUT2D eigenvalue weighted by atomic mass is 9.99. The van der Waals surface area contributed by atoms with Gasteiger partial charge in [0.25, 0.3) is 0 Å². The summed E-state index contributed by atoms with van der Waals surface area (Å²) < 4.78 is 59.2. The van der Waals surface area contributed by atoms with Crippen molar-refractivity contribution >= 4 is 16.4 Å². The molecule has 0 aliphatic carbocycles. The summed E-state index contributed by atoms with van der Waals surface area (Å²) in [6.07, 6.45) is 42.8. The lowest BCUT2D eigenvalue weighted by Crippen LogP contribution is -2.60. The van der Waals surface area contributed by atoms with E-state index in [1.165, 1.54) is 109 Å². The molecular formula is C51H92O12S. The van der Waals surface area contributed by atoms with E-state index in [9.17, 15) is 33.1 Å². The van der Waals surface area contributed by atoms with E-state index >= 15 is 0 Å². The van der Waals surface area contributed by atoms with E-state index in [2.05, 4.69) is 66.6 Å². The molecule has 1 fully saturated rings. The zero-order valence-corrected chi connectivity index (χ0v) is 40.9.